The van der Waals surface area contributed by atoms with Gasteiger partial charge in [-0.3, -0.25) is 14.2 Å². The molecule has 9 heteroatoms. The number of nitrogens with zero attached hydrogens (tertiary/aromatic N) is 2. The molecule has 8 nitrogen and oxygen atoms in total. The number of hydrogen-bond donors (Lipinski definition) is 3. The molecule has 0 fully saturated rings. The average molecular weight is 515 g/mol. The molecule has 2 heterocycles. The van der Waals surface area contributed by atoms with E-state index in [1.165, 1.54) is 15.5 Å². The summed E-state index contributed by atoms with van der Waals surface area (Å²) in [5.41, 5.74) is 3.23. The van der Waals surface area contributed by atoms with Gasteiger partial charge in [0, 0.05) is 47.3 Å². The number of aromatic hydroxyl groups is 1. The molecule has 186 valence electrons. The predicted molar refractivity (Wildman–Crippen MR) is 142 cm³/mol. The molecule has 3 aromatic carbocycles. The summed E-state index contributed by atoms with van der Waals surface area (Å²) in [4.78, 5) is 40.2. The predicted octanol–water partition coefficient (Wildman–Crippen LogP) is 4.79. The number of urea groups is 1. The number of hydrogen-bond acceptors (Lipinski definition) is 4. The highest BCUT2D eigenvalue weighted by molar-refractivity contribution is 6.30. The summed E-state index contributed by atoms with van der Waals surface area (Å²) in [5.74, 6) is -0.270. The molecule has 1 unspecified atom stereocenters. The van der Waals surface area contributed by atoms with Gasteiger partial charge in [-0.1, -0.05) is 23.7 Å². The van der Waals surface area contributed by atoms with Crippen molar-refractivity contribution in [2.45, 2.75) is 19.0 Å². The molecule has 1 atom stereocenters. The van der Waals surface area contributed by atoms with Crippen molar-refractivity contribution in [2.75, 3.05) is 10.6 Å². The lowest BCUT2D eigenvalue weighted by Crippen LogP contribution is -2.52. The van der Waals surface area contributed by atoms with Crippen molar-refractivity contribution in [3.8, 4) is 11.4 Å². The van der Waals surface area contributed by atoms with Crippen molar-refractivity contribution in [3.63, 3.8) is 0 Å². The quantitative estimate of drug-likeness (QED) is 0.364. The van der Waals surface area contributed by atoms with Crippen LogP contribution in [0.4, 0.5) is 16.2 Å². The number of rotatable bonds is 4. The van der Waals surface area contributed by atoms with Crippen molar-refractivity contribution < 1.29 is 14.7 Å². The van der Waals surface area contributed by atoms with Crippen molar-refractivity contribution >= 4 is 34.9 Å². The van der Waals surface area contributed by atoms with E-state index in [1.807, 2.05) is 0 Å². The van der Waals surface area contributed by atoms with Gasteiger partial charge in [0.25, 0.3) is 5.56 Å². The van der Waals surface area contributed by atoms with Crippen molar-refractivity contribution in [1.29, 1.82) is 0 Å². The van der Waals surface area contributed by atoms with Gasteiger partial charge in [-0.2, -0.15) is 0 Å². The largest absolute Gasteiger partial charge is 0.508 e. The van der Waals surface area contributed by atoms with Gasteiger partial charge >= 0.3 is 6.03 Å². The molecule has 1 aromatic heterocycles. The van der Waals surface area contributed by atoms with E-state index in [9.17, 15) is 19.5 Å². The molecular formula is C28H23ClN4O4. The van der Waals surface area contributed by atoms with Gasteiger partial charge in [0.2, 0.25) is 5.91 Å². The Morgan fingerprint density at radius 2 is 1.57 bits per heavy atom. The van der Waals surface area contributed by atoms with Gasteiger partial charge in [0.05, 0.1) is 0 Å². The summed E-state index contributed by atoms with van der Waals surface area (Å²) in [6.07, 6.45) is 1.91. The highest BCUT2D eigenvalue weighted by Gasteiger charge is 2.35. The smallest absolute Gasteiger partial charge is 0.322 e. The van der Waals surface area contributed by atoms with Crippen LogP contribution in [0.2, 0.25) is 5.02 Å². The minimum Gasteiger partial charge on any atom is -0.508 e. The fourth-order valence-electron chi connectivity index (χ4n) is 4.32. The first-order chi connectivity index (χ1) is 17.9. The summed E-state index contributed by atoms with van der Waals surface area (Å²) < 4.78 is 1.50. The van der Waals surface area contributed by atoms with E-state index in [2.05, 4.69) is 10.6 Å². The lowest BCUT2D eigenvalue weighted by Gasteiger charge is -2.36. The van der Waals surface area contributed by atoms with Crippen molar-refractivity contribution in [3.05, 3.63) is 118 Å². The first-order valence-electron chi connectivity index (χ1n) is 11.6. The van der Waals surface area contributed by atoms with E-state index in [-0.39, 0.29) is 30.2 Å². The second-order valence-electron chi connectivity index (χ2n) is 8.68. The van der Waals surface area contributed by atoms with Crippen molar-refractivity contribution in [1.82, 2.24) is 9.47 Å². The standard InChI is InChI=1S/C28H23ClN4O4/c29-20-5-7-22(8-6-20)31-28(37)33-17-18-4-13-24(34)15-19(18)16-25(33)27(36)30-21-9-11-23(12-10-21)32-14-2-1-3-26(32)35/h1-15,25,34H,16-17H2,(H,30,36)(H,31,37). The molecule has 1 aliphatic heterocycles. The number of benzene rings is 3. The zero-order valence-corrected chi connectivity index (χ0v) is 20.4. The molecule has 0 spiro atoms. The Balaban J connectivity index is 1.38. The SMILES string of the molecule is O=C(Nc1ccc(-n2ccccc2=O)cc1)C1Cc2cc(O)ccc2CN1C(=O)Nc1ccc(Cl)cc1. The number of carbonyl (C=O) groups is 2. The number of pyridine rings is 1. The van der Waals surface area contributed by atoms with Crippen LogP contribution in [-0.2, 0) is 17.8 Å². The van der Waals surface area contributed by atoms with Gasteiger partial charge in [0.1, 0.15) is 11.8 Å². The van der Waals surface area contributed by atoms with Gasteiger partial charge in [-0.05, 0) is 77.9 Å². The van der Waals surface area contributed by atoms with Crippen LogP contribution >= 0.6 is 11.6 Å². The normalized spacial score (nSPS) is 14.5. The first-order valence-corrected chi connectivity index (χ1v) is 12.0. The highest BCUT2D eigenvalue weighted by Crippen LogP contribution is 2.28. The molecule has 4 aromatic rings. The van der Waals surface area contributed by atoms with Crippen LogP contribution in [0.5, 0.6) is 5.75 Å². The Morgan fingerprint density at radius 1 is 0.865 bits per heavy atom. The Bertz CT molecular complexity index is 1520. The van der Waals surface area contributed by atoms with Crippen LogP contribution < -0.4 is 16.2 Å². The van der Waals surface area contributed by atoms with Crippen LogP contribution in [0.15, 0.2) is 95.9 Å². The molecule has 0 radical (unpaired) electrons. The molecule has 0 saturated carbocycles. The zero-order valence-electron chi connectivity index (χ0n) is 19.6. The fraction of sp³-hybridized carbons (Fsp3) is 0.107. The highest BCUT2D eigenvalue weighted by atomic mass is 35.5. The van der Waals surface area contributed by atoms with Crippen LogP contribution in [0.25, 0.3) is 5.69 Å². The topological polar surface area (TPSA) is 104 Å². The second-order valence-corrected chi connectivity index (χ2v) is 9.12. The lowest BCUT2D eigenvalue weighted by molar-refractivity contribution is -0.120. The maximum Gasteiger partial charge on any atom is 0.322 e. The van der Waals surface area contributed by atoms with E-state index in [0.717, 1.165) is 11.1 Å². The van der Waals surface area contributed by atoms with E-state index in [4.69, 9.17) is 11.6 Å². The molecular weight excluding hydrogens is 492 g/mol. The summed E-state index contributed by atoms with van der Waals surface area (Å²) in [5, 5.41) is 16.2. The number of phenols is 1. The minimum absolute atomic E-state index is 0.101. The molecule has 0 bridgehead atoms. The number of carbonyl (C=O) groups excluding carboxylic acids is 2. The molecule has 3 amide bonds. The van der Waals surface area contributed by atoms with Crippen molar-refractivity contribution in [2.24, 2.45) is 0 Å². The number of amides is 3. The Hall–Kier alpha value is -4.56. The Morgan fingerprint density at radius 3 is 2.30 bits per heavy atom. The third kappa shape index (κ3) is 5.34. The number of halogens is 1. The monoisotopic (exact) mass is 514 g/mol. The molecule has 0 saturated heterocycles. The molecule has 5 rings (SSSR count). The van der Waals surface area contributed by atoms with Crippen LogP contribution in [0.3, 0.4) is 0 Å². The van der Waals surface area contributed by atoms with Gasteiger partial charge in [-0.25, -0.2) is 4.79 Å². The first kappa shape index (κ1) is 24.1. The van der Waals surface area contributed by atoms with Crippen LogP contribution in [0, 0.1) is 0 Å². The summed E-state index contributed by atoms with van der Waals surface area (Å²) in [6.45, 7) is 0.197. The minimum atomic E-state index is -0.821. The molecule has 37 heavy (non-hydrogen) atoms. The van der Waals surface area contributed by atoms with E-state index < -0.39 is 12.1 Å². The summed E-state index contributed by atoms with van der Waals surface area (Å²) in [6, 6.07) is 22.2. The van der Waals surface area contributed by atoms with Gasteiger partial charge in [-0.15, -0.1) is 0 Å². The maximum absolute atomic E-state index is 13.4. The fourth-order valence-corrected chi connectivity index (χ4v) is 4.44. The number of anilines is 2. The van der Waals surface area contributed by atoms with Crippen LogP contribution in [-0.4, -0.2) is 32.6 Å². The molecule has 3 N–H and O–H groups in total. The number of phenolic OH excluding ortho intramolecular Hbond substituents is 1. The van der Waals surface area contributed by atoms with Gasteiger partial charge in [0.15, 0.2) is 0 Å². The second kappa shape index (κ2) is 10.2. The Kier molecular flexibility index (Phi) is 6.66. The molecule has 0 aliphatic carbocycles. The summed E-state index contributed by atoms with van der Waals surface area (Å²) >= 11 is 5.95. The zero-order chi connectivity index (χ0) is 25.9. The van der Waals surface area contributed by atoms with E-state index >= 15 is 0 Å². The summed E-state index contributed by atoms with van der Waals surface area (Å²) in [7, 11) is 0. The van der Waals surface area contributed by atoms with E-state index in [1.54, 1.807) is 85.1 Å². The van der Waals surface area contributed by atoms with E-state index in [0.29, 0.717) is 22.1 Å². The Labute approximate surface area is 217 Å². The third-order valence-corrected chi connectivity index (χ3v) is 6.47. The average Bonchev–Trinajstić information content (AvgIpc) is 2.90. The number of fused-ring (bicyclic) bond motifs is 1. The third-order valence-electron chi connectivity index (χ3n) is 6.21. The molecule has 1 aliphatic rings. The van der Waals surface area contributed by atoms with Gasteiger partial charge < -0.3 is 20.6 Å². The maximum atomic E-state index is 13.4. The number of nitrogens with one attached hydrogen (secondary N) is 2. The number of aromatic nitrogens is 1. The lowest BCUT2D eigenvalue weighted by atomic mass is 9.93. The van der Waals surface area contributed by atoms with Crippen LogP contribution in [0.1, 0.15) is 11.1 Å².